The van der Waals surface area contributed by atoms with E-state index in [4.69, 9.17) is 4.42 Å². The van der Waals surface area contributed by atoms with E-state index in [0.717, 1.165) is 11.8 Å². The molecule has 0 saturated carbocycles. The smallest absolute Gasteiger partial charge is 0.277 e. The number of benzene rings is 2. The largest absolute Gasteiger partial charge is 0.411 e. The van der Waals surface area contributed by atoms with Crippen molar-refractivity contribution in [2.45, 2.75) is 5.22 Å². The summed E-state index contributed by atoms with van der Waals surface area (Å²) in [4.78, 5) is 22.2. The molecule has 1 aromatic heterocycles. The molecule has 0 saturated heterocycles. The van der Waals surface area contributed by atoms with Crippen molar-refractivity contribution in [2.24, 2.45) is 0 Å². The number of hydrogen-bond acceptors (Lipinski definition) is 7. The summed E-state index contributed by atoms with van der Waals surface area (Å²) in [6.45, 7) is 0. The Labute approximate surface area is 164 Å². The van der Waals surface area contributed by atoms with E-state index in [0.29, 0.717) is 10.0 Å². The molecule has 3 aromatic rings. The second kappa shape index (κ2) is 8.27. The van der Waals surface area contributed by atoms with Gasteiger partial charge in [-0.15, -0.1) is 10.2 Å². The predicted molar refractivity (Wildman–Crippen MR) is 99.8 cm³/mol. The van der Waals surface area contributed by atoms with E-state index in [2.05, 4.69) is 31.4 Å². The van der Waals surface area contributed by atoms with E-state index in [1.807, 2.05) is 0 Å². The molecule has 3 rings (SSSR count). The van der Waals surface area contributed by atoms with Crippen molar-refractivity contribution >= 4 is 45.0 Å². The van der Waals surface area contributed by atoms with Gasteiger partial charge < -0.3 is 9.73 Å². The topological polar surface area (TPSA) is 111 Å². The number of nitro benzene ring substituents is 1. The van der Waals surface area contributed by atoms with E-state index in [9.17, 15) is 19.3 Å². The number of nitro groups is 1. The minimum atomic E-state index is -0.562. The van der Waals surface area contributed by atoms with Crippen molar-refractivity contribution in [3.05, 3.63) is 62.9 Å². The molecule has 0 atom stereocenters. The van der Waals surface area contributed by atoms with Crippen LogP contribution >= 0.6 is 27.7 Å². The standard InChI is InChI=1S/C16H10BrFN4O4S/c17-10-4-5-13(12(18)7-10)19-14(23)8-27-16-21-20-15(26-16)9-2-1-3-11(6-9)22(24)25/h1-7H,8H2,(H,19,23). The number of hydrogen-bond donors (Lipinski definition) is 1. The van der Waals surface area contributed by atoms with Crippen molar-refractivity contribution in [1.82, 2.24) is 10.2 Å². The summed E-state index contributed by atoms with van der Waals surface area (Å²) in [5.41, 5.74) is 0.354. The third-order valence-corrected chi connectivity index (χ3v) is 4.55. The third kappa shape index (κ3) is 4.89. The van der Waals surface area contributed by atoms with Crippen LogP contribution in [0.2, 0.25) is 0 Å². The quantitative estimate of drug-likeness (QED) is 0.337. The number of rotatable bonds is 6. The zero-order chi connectivity index (χ0) is 19.4. The summed E-state index contributed by atoms with van der Waals surface area (Å²) in [5.74, 6) is -0.989. The van der Waals surface area contributed by atoms with Gasteiger partial charge >= 0.3 is 0 Å². The number of non-ortho nitro benzene ring substituents is 1. The lowest BCUT2D eigenvalue weighted by Crippen LogP contribution is -2.15. The second-order valence-corrected chi connectivity index (χ2v) is 6.98. The third-order valence-electron chi connectivity index (χ3n) is 3.24. The van der Waals surface area contributed by atoms with E-state index in [1.165, 1.54) is 30.3 Å². The van der Waals surface area contributed by atoms with Gasteiger partial charge in [0.25, 0.3) is 10.9 Å². The fourth-order valence-corrected chi connectivity index (χ4v) is 2.94. The van der Waals surface area contributed by atoms with Gasteiger partial charge in [-0.2, -0.15) is 0 Å². The van der Waals surface area contributed by atoms with Gasteiger partial charge in [-0.1, -0.05) is 33.8 Å². The van der Waals surface area contributed by atoms with Crippen molar-refractivity contribution in [2.75, 3.05) is 11.1 Å². The molecule has 0 aliphatic heterocycles. The number of carbonyl (C=O) groups excluding carboxylic acids is 1. The molecule has 138 valence electrons. The number of amides is 1. The first-order chi connectivity index (χ1) is 12.9. The maximum atomic E-state index is 13.7. The summed E-state index contributed by atoms with van der Waals surface area (Å²) in [7, 11) is 0. The summed E-state index contributed by atoms with van der Waals surface area (Å²) in [6.07, 6.45) is 0. The lowest BCUT2D eigenvalue weighted by atomic mass is 10.2. The second-order valence-electron chi connectivity index (χ2n) is 5.14. The molecule has 1 amide bonds. The van der Waals surface area contributed by atoms with Gasteiger partial charge in [0.15, 0.2) is 0 Å². The highest BCUT2D eigenvalue weighted by Gasteiger charge is 2.15. The Morgan fingerprint density at radius 1 is 1.30 bits per heavy atom. The van der Waals surface area contributed by atoms with E-state index in [-0.39, 0.29) is 28.2 Å². The molecule has 27 heavy (non-hydrogen) atoms. The summed E-state index contributed by atoms with van der Waals surface area (Å²) < 4.78 is 19.7. The predicted octanol–water partition coefficient (Wildman–Crippen LogP) is 4.28. The molecule has 0 fully saturated rings. The highest BCUT2D eigenvalue weighted by atomic mass is 79.9. The van der Waals surface area contributed by atoms with E-state index < -0.39 is 16.6 Å². The fraction of sp³-hybridized carbons (Fsp3) is 0.0625. The molecule has 0 spiro atoms. The first kappa shape index (κ1) is 19.0. The molecule has 2 aromatic carbocycles. The Bertz CT molecular complexity index is 1010. The highest BCUT2D eigenvalue weighted by Crippen LogP contribution is 2.26. The van der Waals surface area contributed by atoms with Crippen molar-refractivity contribution < 1.29 is 18.5 Å². The molecule has 0 aliphatic rings. The summed E-state index contributed by atoms with van der Waals surface area (Å²) >= 11 is 4.10. The fourth-order valence-electron chi connectivity index (χ4n) is 2.04. The Hall–Kier alpha value is -2.79. The van der Waals surface area contributed by atoms with Crippen LogP contribution in [0.1, 0.15) is 0 Å². The average molecular weight is 453 g/mol. The van der Waals surface area contributed by atoms with Gasteiger partial charge in [0, 0.05) is 22.2 Å². The number of anilines is 1. The van der Waals surface area contributed by atoms with Crippen LogP contribution in [0.25, 0.3) is 11.5 Å². The molecule has 8 nitrogen and oxygen atoms in total. The van der Waals surface area contributed by atoms with Crippen molar-refractivity contribution in [3.8, 4) is 11.5 Å². The van der Waals surface area contributed by atoms with Gasteiger partial charge in [-0.3, -0.25) is 14.9 Å². The van der Waals surface area contributed by atoms with Crippen LogP contribution in [-0.4, -0.2) is 26.8 Å². The number of nitrogens with one attached hydrogen (secondary N) is 1. The maximum absolute atomic E-state index is 13.7. The SMILES string of the molecule is O=C(CSc1nnc(-c2cccc([N+](=O)[O-])c2)o1)Nc1ccc(Br)cc1F. The van der Waals surface area contributed by atoms with Crippen LogP contribution in [0.3, 0.4) is 0 Å². The minimum Gasteiger partial charge on any atom is -0.411 e. The van der Waals surface area contributed by atoms with Gasteiger partial charge in [0.2, 0.25) is 11.8 Å². The summed E-state index contributed by atoms with van der Waals surface area (Å²) in [6, 6.07) is 10.0. The highest BCUT2D eigenvalue weighted by molar-refractivity contribution is 9.10. The molecule has 0 aliphatic carbocycles. The molecular formula is C16H10BrFN4O4S. The zero-order valence-electron chi connectivity index (χ0n) is 13.4. The molecular weight excluding hydrogens is 443 g/mol. The van der Waals surface area contributed by atoms with Gasteiger partial charge in [0.05, 0.1) is 16.4 Å². The Morgan fingerprint density at radius 3 is 2.85 bits per heavy atom. The average Bonchev–Trinajstić information content (AvgIpc) is 3.11. The summed E-state index contributed by atoms with van der Waals surface area (Å²) in [5, 5.41) is 21.0. The first-order valence-electron chi connectivity index (χ1n) is 7.38. The van der Waals surface area contributed by atoms with Crippen LogP contribution in [-0.2, 0) is 4.79 Å². The number of carbonyl (C=O) groups is 1. The van der Waals surface area contributed by atoms with Gasteiger partial charge in [-0.05, 0) is 24.3 Å². The number of aromatic nitrogens is 2. The van der Waals surface area contributed by atoms with Crippen LogP contribution in [0.4, 0.5) is 15.8 Å². The molecule has 1 heterocycles. The van der Waals surface area contributed by atoms with E-state index >= 15 is 0 Å². The zero-order valence-corrected chi connectivity index (χ0v) is 15.8. The van der Waals surface area contributed by atoms with Crippen LogP contribution < -0.4 is 5.32 Å². The maximum Gasteiger partial charge on any atom is 0.277 e. The molecule has 0 unspecified atom stereocenters. The number of halogens is 2. The molecule has 0 radical (unpaired) electrons. The Balaban J connectivity index is 1.62. The molecule has 11 heteroatoms. The number of thioether (sulfide) groups is 1. The van der Waals surface area contributed by atoms with Crippen LogP contribution in [0, 0.1) is 15.9 Å². The number of nitrogens with zero attached hydrogens (tertiary/aromatic N) is 3. The molecule has 1 N–H and O–H groups in total. The lowest BCUT2D eigenvalue weighted by Gasteiger charge is -2.05. The lowest BCUT2D eigenvalue weighted by molar-refractivity contribution is -0.384. The van der Waals surface area contributed by atoms with Crippen LogP contribution in [0.15, 0.2) is 56.6 Å². The van der Waals surface area contributed by atoms with E-state index in [1.54, 1.807) is 12.1 Å². The Morgan fingerprint density at radius 2 is 2.11 bits per heavy atom. The van der Waals surface area contributed by atoms with Crippen LogP contribution in [0.5, 0.6) is 0 Å². The van der Waals surface area contributed by atoms with Crippen molar-refractivity contribution in [3.63, 3.8) is 0 Å². The molecule has 0 bridgehead atoms. The van der Waals surface area contributed by atoms with Crippen molar-refractivity contribution in [1.29, 1.82) is 0 Å². The normalized spacial score (nSPS) is 10.6. The van der Waals surface area contributed by atoms with Gasteiger partial charge in [-0.25, -0.2) is 4.39 Å². The Kier molecular flexibility index (Phi) is 5.81. The monoisotopic (exact) mass is 452 g/mol. The minimum absolute atomic E-state index is 0.0617. The first-order valence-corrected chi connectivity index (χ1v) is 9.16. The van der Waals surface area contributed by atoms with Gasteiger partial charge in [0.1, 0.15) is 5.82 Å².